The third-order valence-electron chi connectivity index (χ3n) is 11.7. The van der Waals surface area contributed by atoms with E-state index in [1.54, 1.807) is 0 Å². The highest BCUT2D eigenvalue weighted by atomic mass is 15.0. The van der Waals surface area contributed by atoms with Crippen LogP contribution in [-0.2, 0) is 0 Å². The Hall–Kier alpha value is -7.22. The zero-order valence-electron chi connectivity index (χ0n) is 30.8. The second-order valence-electron chi connectivity index (χ2n) is 14.9. The highest BCUT2D eigenvalue weighted by molar-refractivity contribution is 6.16. The van der Waals surface area contributed by atoms with E-state index in [0.29, 0.717) is 0 Å². The highest BCUT2D eigenvalue weighted by Gasteiger charge is 2.30. The number of benzene rings is 9. The number of para-hydroxylation sites is 1. The zero-order valence-corrected chi connectivity index (χ0v) is 30.8. The summed E-state index contributed by atoms with van der Waals surface area (Å²) in [6.07, 6.45) is 0. The highest BCUT2D eigenvalue weighted by Crippen LogP contribution is 2.50. The van der Waals surface area contributed by atoms with Crippen LogP contribution in [0.2, 0.25) is 0 Å². The Bertz CT molecular complexity index is 2990. The molecule has 0 bridgehead atoms. The van der Waals surface area contributed by atoms with E-state index >= 15 is 0 Å². The van der Waals surface area contributed by atoms with Crippen LogP contribution in [0.25, 0.3) is 83.1 Å². The average Bonchev–Trinajstić information content (AvgIpc) is 3.80. The predicted octanol–water partition coefficient (Wildman–Crippen LogP) is 14.6. The molecule has 0 spiro atoms. The van der Waals surface area contributed by atoms with Crippen LogP contribution in [0.4, 0.5) is 0 Å². The van der Waals surface area contributed by atoms with Gasteiger partial charge in [0.05, 0.1) is 11.0 Å². The summed E-state index contributed by atoms with van der Waals surface area (Å²) >= 11 is 0. The minimum absolute atomic E-state index is 0.239. The fourth-order valence-electron chi connectivity index (χ4n) is 9.10. The SMILES string of the molecule is c1ccc(-c2cc(-c3ccccc3)cc(-c3ccc(-n4c5ccccc5c5c(-c6ccc7c(c6)-c6ccccc6C7c6ccccc6)cccc54)cc3)c2)cc1. The summed E-state index contributed by atoms with van der Waals surface area (Å²) in [5.41, 5.74) is 20.1. The predicted molar refractivity (Wildman–Crippen MR) is 235 cm³/mol. The Morgan fingerprint density at radius 2 is 0.821 bits per heavy atom. The molecule has 1 heteroatoms. The monoisotopic (exact) mass is 711 g/mol. The third-order valence-corrected chi connectivity index (χ3v) is 11.7. The van der Waals surface area contributed by atoms with E-state index in [-0.39, 0.29) is 5.92 Å². The summed E-state index contributed by atoms with van der Waals surface area (Å²) in [4.78, 5) is 0. The van der Waals surface area contributed by atoms with Crippen LogP contribution in [-0.4, -0.2) is 4.57 Å². The molecule has 1 nitrogen and oxygen atoms in total. The molecule has 1 aliphatic rings. The molecule has 11 rings (SSSR count). The molecule has 0 saturated carbocycles. The first-order valence-corrected chi connectivity index (χ1v) is 19.5. The maximum absolute atomic E-state index is 2.43. The van der Waals surface area contributed by atoms with E-state index in [0.717, 1.165) is 5.69 Å². The molecule has 10 aromatic rings. The lowest BCUT2D eigenvalue weighted by Gasteiger charge is -2.15. The lowest BCUT2D eigenvalue weighted by molar-refractivity contribution is 1.02. The van der Waals surface area contributed by atoms with Gasteiger partial charge in [0.1, 0.15) is 0 Å². The van der Waals surface area contributed by atoms with E-state index < -0.39 is 0 Å². The summed E-state index contributed by atoms with van der Waals surface area (Å²) in [5.74, 6) is 0.239. The van der Waals surface area contributed by atoms with E-state index in [1.165, 1.54) is 94.1 Å². The summed E-state index contributed by atoms with van der Waals surface area (Å²) < 4.78 is 2.43. The van der Waals surface area contributed by atoms with Gasteiger partial charge in [-0.3, -0.25) is 0 Å². The topological polar surface area (TPSA) is 4.93 Å². The Morgan fingerprint density at radius 3 is 1.52 bits per heavy atom. The van der Waals surface area contributed by atoms with Crippen molar-refractivity contribution in [2.45, 2.75) is 5.92 Å². The molecular formula is C55H37N. The largest absolute Gasteiger partial charge is 0.309 e. The number of hydrogen-bond donors (Lipinski definition) is 0. The normalized spacial score (nSPS) is 13.2. The minimum Gasteiger partial charge on any atom is -0.309 e. The van der Waals surface area contributed by atoms with Gasteiger partial charge in [0.25, 0.3) is 0 Å². The van der Waals surface area contributed by atoms with Crippen LogP contribution >= 0.6 is 0 Å². The summed E-state index contributed by atoms with van der Waals surface area (Å²) in [6, 6.07) is 80.1. The van der Waals surface area contributed by atoms with Crippen molar-refractivity contribution in [1.29, 1.82) is 0 Å². The van der Waals surface area contributed by atoms with Gasteiger partial charge in [0, 0.05) is 22.4 Å². The fourth-order valence-corrected chi connectivity index (χ4v) is 9.10. The molecule has 0 aliphatic heterocycles. The van der Waals surface area contributed by atoms with Gasteiger partial charge >= 0.3 is 0 Å². The van der Waals surface area contributed by atoms with Crippen LogP contribution in [0, 0.1) is 0 Å². The van der Waals surface area contributed by atoms with Crippen molar-refractivity contribution in [3.63, 3.8) is 0 Å². The molecule has 0 amide bonds. The molecule has 1 heterocycles. The molecule has 9 aromatic carbocycles. The summed E-state index contributed by atoms with van der Waals surface area (Å²) in [7, 11) is 0. The van der Waals surface area contributed by atoms with Gasteiger partial charge in [-0.2, -0.15) is 0 Å². The molecule has 262 valence electrons. The number of nitrogens with zero attached hydrogens (tertiary/aromatic N) is 1. The second-order valence-corrected chi connectivity index (χ2v) is 14.9. The molecule has 0 radical (unpaired) electrons. The quantitative estimate of drug-likeness (QED) is 0.162. The van der Waals surface area contributed by atoms with E-state index in [9.17, 15) is 0 Å². The average molecular weight is 712 g/mol. The number of fused-ring (bicyclic) bond motifs is 6. The van der Waals surface area contributed by atoms with Crippen molar-refractivity contribution in [1.82, 2.24) is 4.57 Å². The van der Waals surface area contributed by atoms with Gasteiger partial charge in [-0.25, -0.2) is 0 Å². The number of rotatable bonds is 6. The lowest BCUT2D eigenvalue weighted by Crippen LogP contribution is -1.98. The van der Waals surface area contributed by atoms with Crippen LogP contribution in [0.1, 0.15) is 22.6 Å². The van der Waals surface area contributed by atoms with Gasteiger partial charge in [-0.15, -0.1) is 0 Å². The van der Waals surface area contributed by atoms with Gasteiger partial charge < -0.3 is 4.57 Å². The summed E-state index contributed by atoms with van der Waals surface area (Å²) in [6.45, 7) is 0. The van der Waals surface area contributed by atoms with Crippen molar-refractivity contribution >= 4 is 21.8 Å². The lowest BCUT2D eigenvalue weighted by atomic mass is 9.88. The maximum atomic E-state index is 2.43. The van der Waals surface area contributed by atoms with Crippen molar-refractivity contribution in [2.75, 3.05) is 0 Å². The second kappa shape index (κ2) is 13.3. The van der Waals surface area contributed by atoms with E-state index in [2.05, 4.69) is 223 Å². The molecule has 1 atom stereocenters. The van der Waals surface area contributed by atoms with Crippen molar-refractivity contribution in [2.24, 2.45) is 0 Å². The first kappa shape index (κ1) is 32.2. The molecule has 56 heavy (non-hydrogen) atoms. The Kier molecular flexibility index (Phi) is 7.64. The molecule has 0 saturated heterocycles. The van der Waals surface area contributed by atoms with Gasteiger partial charge in [-0.05, 0) is 121 Å². The Morgan fingerprint density at radius 1 is 0.304 bits per heavy atom. The van der Waals surface area contributed by atoms with Crippen LogP contribution < -0.4 is 0 Å². The van der Waals surface area contributed by atoms with E-state index in [4.69, 9.17) is 0 Å². The Labute approximate surface area is 327 Å². The number of aromatic nitrogens is 1. The molecule has 1 aromatic heterocycles. The van der Waals surface area contributed by atoms with Crippen LogP contribution in [0.5, 0.6) is 0 Å². The Balaban J connectivity index is 1.03. The van der Waals surface area contributed by atoms with Crippen molar-refractivity contribution in [3.8, 4) is 61.3 Å². The van der Waals surface area contributed by atoms with Crippen LogP contribution in [0.3, 0.4) is 0 Å². The maximum Gasteiger partial charge on any atom is 0.0547 e. The molecular weight excluding hydrogens is 675 g/mol. The molecule has 0 N–H and O–H groups in total. The first-order valence-electron chi connectivity index (χ1n) is 19.5. The minimum atomic E-state index is 0.239. The van der Waals surface area contributed by atoms with Crippen molar-refractivity contribution < 1.29 is 0 Å². The van der Waals surface area contributed by atoms with Crippen LogP contribution in [0.15, 0.2) is 218 Å². The van der Waals surface area contributed by atoms with Crippen molar-refractivity contribution in [3.05, 3.63) is 235 Å². The van der Waals surface area contributed by atoms with Gasteiger partial charge in [0.15, 0.2) is 0 Å². The number of hydrogen-bond acceptors (Lipinski definition) is 0. The molecule has 1 unspecified atom stereocenters. The fraction of sp³-hybridized carbons (Fsp3) is 0.0182. The van der Waals surface area contributed by atoms with E-state index in [1.807, 2.05) is 0 Å². The zero-order chi connectivity index (χ0) is 37.0. The summed E-state index contributed by atoms with van der Waals surface area (Å²) in [5, 5.41) is 2.54. The molecule has 0 fully saturated rings. The first-order chi connectivity index (χ1) is 27.8. The van der Waals surface area contributed by atoms with Gasteiger partial charge in [-0.1, -0.05) is 170 Å². The van der Waals surface area contributed by atoms with Gasteiger partial charge in [0.2, 0.25) is 0 Å². The third kappa shape index (κ3) is 5.32. The molecule has 1 aliphatic carbocycles. The standard InChI is InChI=1S/C55H37N/c1-4-15-37(16-5-1)42-33-43(38-17-6-2-7-18-38)35-44(34-42)39-27-30-45(31-28-39)56-52-25-13-12-23-50(52)55-46(24-14-26-53(55)56)41-29-32-49-51(36-41)47-21-10-11-22-48(47)54(49)40-19-8-3-9-20-40/h1-36,54H. The smallest absolute Gasteiger partial charge is 0.0547 e.